The second-order valence-electron chi connectivity index (χ2n) is 9.02. The van der Waals surface area contributed by atoms with Crippen molar-refractivity contribution < 1.29 is 18.7 Å². The molecule has 6 nitrogen and oxygen atoms in total. The Morgan fingerprint density at radius 2 is 1.81 bits per heavy atom. The SMILES string of the molecule is O=C1O[C@@]2(CCCN(CC(=O)N3CCCc4ccccc43)CC2)CN1c1ccc(F)cc1. The Morgan fingerprint density at radius 3 is 2.66 bits per heavy atom. The third kappa shape index (κ3) is 4.09. The standard InChI is InChI=1S/C25H28FN3O3/c26-20-8-10-21(11-9-20)29-18-25(32-24(29)31)12-4-14-27(16-13-25)17-23(30)28-15-3-6-19-5-1-2-7-22(19)28/h1-2,5,7-11H,3-4,6,12-18H2/t25-/m1/s1. The van der Waals surface area contributed by atoms with Crippen molar-refractivity contribution in [1.82, 2.24) is 4.90 Å². The fraction of sp³-hybridized carbons (Fsp3) is 0.440. The van der Waals surface area contributed by atoms with Crippen LogP contribution in [0.5, 0.6) is 0 Å². The van der Waals surface area contributed by atoms with Gasteiger partial charge in [-0.2, -0.15) is 0 Å². The molecule has 3 aliphatic heterocycles. The minimum Gasteiger partial charge on any atom is -0.441 e. The first-order valence-electron chi connectivity index (χ1n) is 11.4. The van der Waals surface area contributed by atoms with E-state index in [2.05, 4.69) is 11.0 Å². The highest BCUT2D eigenvalue weighted by atomic mass is 19.1. The lowest BCUT2D eigenvalue weighted by atomic mass is 9.95. The molecule has 2 fully saturated rings. The van der Waals surface area contributed by atoms with Crippen molar-refractivity contribution in [1.29, 1.82) is 0 Å². The second kappa shape index (κ2) is 8.54. The van der Waals surface area contributed by atoms with Crippen molar-refractivity contribution in [3.05, 3.63) is 59.9 Å². The molecule has 1 atom stereocenters. The van der Waals surface area contributed by atoms with Gasteiger partial charge in [0.25, 0.3) is 0 Å². The first kappa shape index (κ1) is 20.9. The number of likely N-dealkylation sites (tertiary alicyclic amines) is 1. The molecular formula is C25H28FN3O3. The van der Waals surface area contributed by atoms with Crippen molar-refractivity contribution in [2.75, 3.05) is 42.5 Å². The van der Waals surface area contributed by atoms with E-state index in [9.17, 15) is 14.0 Å². The average molecular weight is 438 g/mol. The van der Waals surface area contributed by atoms with Crippen molar-refractivity contribution in [3.8, 4) is 0 Å². The summed E-state index contributed by atoms with van der Waals surface area (Å²) in [6.45, 7) is 3.10. The lowest BCUT2D eigenvalue weighted by Crippen LogP contribution is -2.43. The molecule has 2 aromatic carbocycles. The molecule has 1 spiro atoms. The van der Waals surface area contributed by atoms with Crippen LogP contribution in [0.25, 0.3) is 0 Å². The zero-order valence-corrected chi connectivity index (χ0v) is 18.1. The summed E-state index contributed by atoms with van der Waals surface area (Å²) in [4.78, 5) is 31.4. The zero-order valence-electron chi connectivity index (χ0n) is 18.1. The largest absolute Gasteiger partial charge is 0.441 e. The monoisotopic (exact) mass is 437 g/mol. The number of hydrogen-bond acceptors (Lipinski definition) is 4. The maximum atomic E-state index is 13.3. The number of fused-ring (bicyclic) bond motifs is 1. The lowest BCUT2D eigenvalue weighted by molar-refractivity contribution is -0.119. The van der Waals surface area contributed by atoms with Crippen LogP contribution >= 0.6 is 0 Å². The lowest BCUT2D eigenvalue weighted by Gasteiger charge is -2.31. The van der Waals surface area contributed by atoms with E-state index in [-0.39, 0.29) is 17.8 Å². The highest BCUT2D eigenvalue weighted by molar-refractivity contribution is 5.96. The topological polar surface area (TPSA) is 53.1 Å². The number of aryl methyl sites for hydroxylation is 1. The predicted molar refractivity (Wildman–Crippen MR) is 120 cm³/mol. The van der Waals surface area contributed by atoms with Gasteiger partial charge >= 0.3 is 6.09 Å². The Morgan fingerprint density at radius 1 is 1.00 bits per heavy atom. The van der Waals surface area contributed by atoms with E-state index in [1.165, 1.54) is 17.7 Å². The highest BCUT2D eigenvalue weighted by Crippen LogP contribution is 2.36. The van der Waals surface area contributed by atoms with Crippen LogP contribution in [-0.2, 0) is 16.0 Å². The molecule has 0 N–H and O–H groups in total. The number of amides is 2. The molecule has 7 heteroatoms. The van der Waals surface area contributed by atoms with Gasteiger partial charge in [-0.15, -0.1) is 0 Å². The van der Waals surface area contributed by atoms with Gasteiger partial charge in [0.15, 0.2) is 0 Å². The number of para-hydroxylation sites is 1. The van der Waals surface area contributed by atoms with Gasteiger partial charge in [-0.1, -0.05) is 18.2 Å². The molecule has 3 heterocycles. The summed E-state index contributed by atoms with van der Waals surface area (Å²) in [6.07, 6.45) is 3.91. The molecule has 32 heavy (non-hydrogen) atoms. The highest BCUT2D eigenvalue weighted by Gasteiger charge is 2.46. The van der Waals surface area contributed by atoms with Gasteiger partial charge in [0.1, 0.15) is 11.4 Å². The molecule has 5 rings (SSSR count). The van der Waals surface area contributed by atoms with Crippen LogP contribution in [-0.4, -0.2) is 55.2 Å². The van der Waals surface area contributed by atoms with Crippen LogP contribution in [0.4, 0.5) is 20.6 Å². The summed E-state index contributed by atoms with van der Waals surface area (Å²) in [5.41, 5.74) is 2.37. The fourth-order valence-electron chi connectivity index (χ4n) is 5.15. The van der Waals surface area contributed by atoms with Gasteiger partial charge in [-0.3, -0.25) is 14.6 Å². The van der Waals surface area contributed by atoms with Crippen LogP contribution < -0.4 is 9.80 Å². The predicted octanol–water partition coefficient (Wildman–Crippen LogP) is 3.99. The molecule has 0 unspecified atom stereocenters. The Balaban J connectivity index is 1.23. The van der Waals surface area contributed by atoms with E-state index >= 15 is 0 Å². The number of carbonyl (C=O) groups is 2. The van der Waals surface area contributed by atoms with Crippen LogP contribution in [0.15, 0.2) is 48.5 Å². The van der Waals surface area contributed by atoms with Crippen molar-refractivity contribution >= 4 is 23.4 Å². The Labute approximate surface area is 187 Å². The summed E-state index contributed by atoms with van der Waals surface area (Å²) in [7, 11) is 0. The van der Waals surface area contributed by atoms with E-state index in [1.807, 2.05) is 23.1 Å². The van der Waals surface area contributed by atoms with E-state index in [4.69, 9.17) is 4.74 Å². The maximum absolute atomic E-state index is 13.3. The number of halogens is 1. The minimum atomic E-state index is -0.555. The van der Waals surface area contributed by atoms with Gasteiger partial charge < -0.3 is 9.64 Å². The molecule has 0 aromatic heterocycles. The van der Waals surface area contributed by atoms with Gasteiger partial charge in [0, 0.05) is 30.9 Å². The van der Waals surface area contributed by atoms with Crippen LogP contribution in [0.2, 0.25) is 0 Å². The molecule has 2 aromatic rings. The van der Waals surface area contributed by atoms with Crippen molar-refractivity contribution in [3.63, 3.8) is 0 Å². The third-order valence-corrected chi connectivity index (χ3v) is 6.87. The van der Waals surface area contributed by atoms with Gasteiger partial charge in [-0.25, -0.2) is 9.18 Å². The van der Waals surface area contributed by atoms with Gasteiger partial charge in [0.2, 0.25) is 5.91 Å². The molecule has 0 aliphatic carbocycles. The fourth-order valence-corrected chi connectivity index (χ4v) is 5.15. The molecule has 0 saturated carbocycles. The van der Waals surface area contributed by atoms with Crippen LogP contribution in [0, 0.1) is 5.82 Å². The molecule has 2 amide bonds. The van der Waals surface area contributed by atoms with Crippen LogP contribution in [0.1, 0.15) is 31.2 Å². The number of rotatable bonds is 3. The summed E-state index contributed by atoms with van der Waals surface area (Å²) in [6, 6.07) is 14.1. The van der Waals surface area contributed by atoms with E-state index < -0.39 is 5.60 Å². The number of ether oxygens (including phenoxy) is 1. The smallest absolute Gasteiger partial charge is 0.415 e. The first-order valence-corrected chi connectivity index (χ1v) is 11.4. The van der Waals surface area contributed by atoms with E-state index in [1.54, 1.807) is 17.0 Å². The number of hydrogen-bond donors (Lipinski definition) is 0. The molecule has 3 aliphatic rings. The van der Waals surface area contributed by atoms with Gasteiger partial charge in [0.05, 0.1) is 13.1 Å². The molecule has 0 bridgehead atoms. The number of carbonyl (C=O) groups excluding carboxylic acids is 2. The first-order chi connectivity index (χ1) is 15.5. The maximum Gasteiger partial charge on any atom is 0.415 e. The summed E-state index contributed by atoms with van der Waals surface area (Å²) in [5, 5.41) is 0. The summed E-state index contributed by atoms with van der Waals surface area (Å²) >= 11 is 0. The molecule has 2 saturated heterocycles. The number of benzene rings is 2. The molecule has 0 radical (unpaired) electrons. The summed E-state index contributed by atoms with van der Waals surface area (Å²) < 4.78 is 19.1. The normalized spacial score (nSPS) is 23.7. The number of anilines is 2. The minimum absolute atomic E-state index is 0.129. The van der Waals surface area contributed by atoms with E-state index in [0.29, 0.717) is 31.7 Å². The van der Waals surface area contributed by atoms with Crippen molar-refractivity contribution in [2.24, 2.45) is 0 Å². The average Bonchev–Trinajstić information content (AvgIpc) is 3.00. The molecular weight excluding hydrogens is 409 g/mol. The zero-order chi connectivity index (χ0) is 22.1. The van der Waals surface area contributed by atoms with E-state index in [0.717, 1.165) is 44.5 Å². The third-order valence-electron chi connectivity index (χ3n) is 6.87. The number of nitrogens with zero attached hydrogens (tertiary/aromatic N) is 3. The summed E-state index contributed by atoms with van der Waals surface area (Å²) in [5.74, 6) is -0.202. The Kier molecular flexibility index (Phi) is 5.59. The van der Waals surface area contributed by atoms with Crippen LogP contribution in [0.3, 0.4) is 0 Å². The Hall–Kier alpha value is -2.93. The van der Waals surface area contributed by atoms with Crippen molar-refractivity contribution in [2.45, 2.75) is 37.7 Å². The van der Waals surface area contributed by atoms with Gasteiger partial charge in [-0.05, 0) is 68.1 Å². The second-order valence-corrected chi connectivity index (χ2v) is 9.02. The Bertz CT molecular complexity index is 1010. The quantitative estimate of drug-likeness (QED) is 0.729. The molecule has 168 valence electrons.